The van der Waals surface area contributed by atoms with E-state index in [4.69, 9.17) is 13.7 Å². The molecule has 1 amide bonds. The monoisotopic (exact) mass is 368 g/mol. The van der Waals surface area contributed by atoms with Crippen molar-refractivity contribution in [3.05, 3.63) is 58.6 Å². The Kier molecular flexibility index (Phi) is 4.41. The van der Waals surface area contributed by atoms with E-state index in [0.717, 1.165) is 18.8 Å². The second-order valence-corrected chi connectivity index (χ2v) is 6.00. The van der Waals surface area contributed by atoms with Crippen LogP contribution in [0.1, 0.15) is 35.3 Å². The lowest BCUT2D eigenvalue weighted by Gasteiger charge is -2.20. The highest BCUT2D eigenvalue weighted by atomic mass is 16.5. The van der Waals surface area contributed by atoms with E-state index in [-0.39, 0.29) is 17.6 Å². The van der Waals surface area contributed by atoms with E-state index in [9.17, 15) is 9.59 Å². The van der Waals surface area contributed by atoms with Crippen molar-refractivity contribution in [3.8, 4) is 17.3 Å². The van der Waals surface area contributed by atoms with Gasteiger partial charge in [-0.15, -0.1) is 0 Å². The van der Waals surface area contributed by atoms with Crippen molar-refractivity contribution in [1.29, 1.82) is 0 Å². The number of methoxy groups -OCH3 is 1. The molecule has 9 heteroatoms. The van der Waals surface area contributed by atoms with Gasteiger partial charge in [0.25, 0.3) is 5.91 Å². The van der Waals surface area contributed by atoms with Crippen molar-refractivity contribution in [2.75, 3.05) is 13.7 Å². The third kappa shape index (κ3) is 3.19. The summed E-state index contributed by atoms with van der Waals surface area (Å²) < 4.78 is 15.5. The first kappa shape index (κ1) is 17.0. The summed E-state index contributed by atoms with van der Waals surface area (Å²) in [6.45, 7) is 0.501. The third-order valence-corrected chi connectivity index (χ3v) is 4.36. The van der Waals surface area contributed by atoms with Crippen molar-refractivity contribution in [2.24, 2.45) is 0 Å². The zero-order valence-electron chi connectivity index (χ0n) is 14.5. The van der Waals surface area contributed by atoms with E-state index >= 15 is 0 Å². The lowest BCUT2D eigenvalue weighted by molar-refractivity contribution is 0.0674. The number of pyridine rings is 1. The second-order valence-electron chi connectivity index (χ2n) is 6.00. The van der Waals surface area contributed by atoms with Crippen LogP contribution in [0.4, 0.5) is 0 Å². The first-order valence-corrected chi connectivity index (χ1v) is 8.40. The SMILES string of the molecule is COc1coc(C(=O)N2CCCC2c2nc(-c3ccccn3)no2)cc1=O. The Hall–Kier alpha value is -3.49. The molecule has 3 aromatic heterocycles. The minimum Gasteiger partial charge on any atom is -0.490 e. The molecule has 9 nitrogen and oxygen atoms in total. The van der Waals surface area contributed by atoms with Crippen molar-refractivity contribution < 1.29 is 18.5 Å². The number of rotatable bonds is 4. The number of carbonyl (C=O) groups excluding carboxylic acids is 1. The first-order valence-electron chi connectivity index (χ1n) is 8.40. The number of ether oxygens (including phenoxy) is 1. The molecule has 0 N–H and O–H groups in total. The average Bonchev–Trinajstić information content (AvgIpc) is 3.37. The summed E-state index contributed by atoms with van der Waals surface area (Å²) in [4.78, 5) is 34.9. The number of likely N-dealkylation sites (tertiary alicyclic amines) is 1. The maximum Gasteiger partial charge on any atom is 0.290 e. The smallest absolute Gasteiger partial charge is 0.290 e. The van der Waals surface area contributed by atoms with Gasteiger partial charge in [-0.1, -0.05) is 11.2 Å². The molecule has 0 saturated carbocycles. The zero-order chi connectivity index (χ0) is 18.8. The lowest BCUT2D eigenvalue weighted by Crippen LogP contribution is -2.31. The lowest BCUT2D eigenvalue weighted by atomic mass is 10.2. The molecule has 1 fully saturated rings. The molecule has 0 aromatic carbocycles. The molecule has 0 bridgehead atoms. The van der Waals surface area contributed by atoms with E-state index in [1.165, 1.54) is 7.11 Å². The largest absolute Gasteiger partial charge is 0.490 e. The number of hydrogen-bond donors (Lipinski definition) is 0. The minimum atomic E-state index is -0.418. The van der Waals surface area contributed by atoms with Crippen molar-refractivity contribution in [1.82, 2.24) is 20.0 Å². The van der Waals surface area contributed by atoms with Gasteiger partial charge in [0.05, 0.1) is 7.11 Å². The van der Waals surface area contributed by atoms with Crippen LogP contribution in [0.3, 0.4) is 0 Å². The topological polar surface area (TPSA) is 112 Å². The Labute approximate surface area is 153 Å². The van der Waals surface area contributed by atoms with Crippen LogP contribution in [0.25, 0.3) is 11.5 Å². The van der Waals surface area contributed by atoms with Gasteiger partial charge in [-0.25, -0.2) is 0 Å². The Bertz CT molecular complexity index is 1010. The molecule has 3 aromatic rings. The summed E-state index contributed by atoms with van der Waals surface area (Å²) in [6.07, 6.45) is 4.23. The molecule has 1 atom stereocenters. The van der Waals surface area contributed by atoms with E-state index < -0.39 is 11.3 Å². The van der Waals surface area contributed by atoms with Crippen LogP contribution >= 0.6 is 0 Å². The maximum absolute atomic E-state index is 12.8. The van der Waals surface area contributed by atoms with Crippen LogP contribution in [0.15, 0.2) is 50.5 Å². The molecule has 1 saturated heterocycles. The highest BCUT2D eigenvalue weighted by Crippen LogP contribution is 2.33. The average molecular weight is 368 g/mol. The second kappa shape index (κ2) is 7.02. The third-order valence-electron chi connectivity index (χ3n) is 4.36. The van der Waals surface area contributed by atoms with Gasteiger partial charge in [0.2, 0.25) is 22.9 Å². The Balaban J connectivity index is 1.59. The highest BCUT2D eigenvalue weighted by molar-refractivity contribution is 5.91. The summed E-state index contributed by atoms with van der Waals surface area (Å²) in [6, 6.07) is 6.15. The number of aromatic nitrogens is 3. The van der Waals surface area contributed by atoms with E-state index in [1.54, 1.807) is 23.2 Å². The molecule has 138 valence electrons. The number of hydrogen-bond acceptors (Lipinski definition) is 8. The van der Waals surface area contributed by atoms with Crippen LogP contribution in [-0.4, -0.2) is 39.6 Å². The summed E-state index contributed by atoms with van der Waals surface area (Å²) in [7, 11) is 1.36. The zero-order valence-corrected chi connectivity index (χ0v) is 14.5. The molecule has 4 heterocycles. The van der Waals surface area contributed by atoms with Crippen LogP contribution in [0, 0.1) is 0 Å². The van der Waals surface area contributed by atoms with Crippen molar-refractivity contribution in [2.45, 2.75) is 18.9 Å². The van der Waals surface area contributed by atoms with E-state index in [0.29, 0.717) is 30.4 Å². The van der Waals surface area contributed by atoms with Gasteiger partial charge < -0.3 is 18.6 Å². The molecule has 0 radical (unpaired) electrons. The molecule has 1 aliphatic heterocycles. The van der Waals surface area contributed by atoms with Crippen molar-refractivity contribution in [3.63, 3.8) is 0 Å². The Morgan fingerprint density at radius 3 is 3.00 bits per heavy atom. The quantitative estimate of drug-likeness (QED) is 0.688. The van der Waals surface area contributed by atoms with Gasteiger partial charge in [-0.3, -0.25) is 14.6 Å². The van der Waals surface area contributed by atoms with Gasteiger partial charge in [-0.2, -0.15) is 4.98 Å². The molecule has 27 heavy (non-hydrogen) atoms. The van der Waals surface area contributed by atoms with Gasteiger partial charge in [0.1, 0.15) is 18.0 Å². The molecule has 0 aliphatic carbocycles. The fraction of sp³-hybridized carbons (Fsp3) is 0.278. The molecular weight excluding hydrogens is 352 g/mol. The molecule has 0 spiro atoms. The summed E-state index contributed by atoms with van der Waals surface area (Å²) in [5, 5.41) is 3.96. The first-order chi connectivity index (χ1) is 13.2. The fourth-order valence-corrected chi connectivity index (χ4v) is 3.04. The van der Waals surface area contributed by atoms with Crippen molar-refractivity contribution >= 4 is 5.91 Å². The van der Waals surface area contributed by atoms with Gasteiger partial charge in [-0.05, 0) is 25.0 Å². The van der Waals surface area contributed by atoms with Crippen LogP contribution in [0.2, 0.25) is 0 Å². The van der Waals surface area contributed by atoms with E-state index in [2.05, 4.69) is 15.1 Å². The van der Waals surface area contributed by atoms with E-state index in [1.807, 2.05) is 6.07 Å². The standard InChI is InChI=1S/C18H16N4O5/c1-25-15-10-26-14(9-13(15)23)18(24)22-8-4-6-12(22)17-20-16(21-27-17)11-5-2-3-7-19-11/h2-3,5,7,9-10,12H,4,6,8H2,1H3. The number of nitrogens with zero attached hydrogens (tertiary/aromatic N) is 4. The Morgan fingerprint density at radius 1 is 1.37 bits per heavy atom. The minimum absolute atomic E-state index is 0.0430. The predicted octanol–water partition coefficient (Wildman–Crippen LogP) is 2.07. The molecule has 4 rings (SSSR count). The Morgan fingerprint density at radius 2 is 2.26 bits per heavy atom. The molecule has 1 aliphatic rings. The van der Waals surface area contributed by atoms with Crippen LogP contribution in [-0.2, 0) is 0 Å². The maximum atomic E-state index is 12.8. The molecule has 1 unspecified atom stereocenters. The van der Waals surface area contributed by atoms with Gasteiger partial charge in [0.15, 0.2) is 5.76 Å². The summed E-state index contributed by atoms with van der Waals surface area (Å²) >= 11 is 0. The van der Waals surface area contributed by atoms with Gasteiger partial charge >= 0.3 is 0 Å². The van der Waals surface area contributed by atoms with Crippen LogP contribution < -0.4 is 10.2 Å². The normalized spacial score (nSPS) is 16.5. The number of carbonyl (C=O) groups is 1. The predicted molar refractivity (Wildman–Crippen MR) is 92.1 cm³/mol. The molecular formula is C18H16N4O5. The summed E-state index contributed by atoms with van der Waals surface area (Å²) in [5.74, 6) is 0.270. The summed E-state index contributed by atoms with van der Waals surface area (Å²) in [5.41, 5.74) is 0.169. The number of amides is 1. The fourth-order valence-electron chi connectivity index (χ4n) is 3.04. The highest BCUT2D eigenvalue weighted by Gasteiger charge is 2.35. The van der Waals surface area contributed by atoms with Crippen LogP contribution in [0.5, 0.6) is 5.75 Å². The van der Waals surface area contributed by atoms with Gasteiger partial charge in [0, 0.05) is 18.8 Å².